The summed E-state index contributed by atoms with van der Waals surface area (Å²) in [6.45, 7) is 3.78. The standard InChI is InChI=1S/C23H40B2N6O6/c1-7-18(32)30(15-21(35)26(3)4)11-9-28(6)23(37)17-31(20(34)14-25)12-10-27(5)22(36)16-29(8-2)19(33)13-24/h7-17H2,1-6H3. The van der Waals surface area contributed by atoms with Gasteiger partial charge in [0.1, 0.15) is 0 Å². The van der Waals surface area contributed by atoms with E-state index in [1.165, 1.54) is 36.4 Å². The van der Waals surface area contributed by atoms with Crippen LogP contribution in [0.5, 0.6) is 0 Å². The molecule has 0 fully saturated rings. The molecule has 12 nitrogen and oxygen atoms in total. The molecule has 0 atom stereocenters. The number of amides is 6. The molecule has 0 unspecified atom stereocenters. The van der Waals surface area contributed by atoms with E-state index in [9.17, 15) is 28.8 Å². The molecule has 0 aromatic heterocycles. The van der Waals surface area contributed by atoms with Gasteiger partial charge in [-0.15, -0.1) is 0 Å². The van der Waals surface area contributed by atoms with Gasteiger partial charge in [-0.3, -0.25) is 28.8 Å². The highest BCUT2D eigenvalue weighted by atomic mass is 16.2. The van der Waals surface area contributed by atoms with E-state index in [-0.39, 0.29) is 94.4 Å². The molecular formula is C23H40B2N6O6. The highest BCUT2D eigenvalue weighted by Gasteiger charge is 2.23. The lowest BCUT2D eigenvalue weighted by atomic mass is 10.0. The molecule has 0 aliphatic rings. The summed E-state index contributed by atoms with van der Waals surface area (Å²) in [5, 5.41) is 0. The van der Waals surface area contributed by atoms with Crippen molar-refractivity contribution in [1.29, 1.82) is 0 Å². The summed E-state index contributed by atoms with van der Waals surface area (Å²) >= 11 is 0. The van der Waals surface area contributed by atoms with Crippen molar-refractivity contribution in [1.82, 2.24) is 29.4 Å². The van der Waals surface area contributed by atoms with Crippen LogP contribution in [0.2, 0.25) is 12.6 Å². The molecule has 4 radical (unpaired) electrons. The fraction of sp³-hybridized carbons (Fsp3) is 0.739. The molecule has 204 valence electrons. The largest absolute Gasteiger partial charge is 0.347 e. The minimum Gasteiger partial charge on any atom is -0.347 e. The third-order valence-corrected chi connectivity index (χ3v) is 5.83. The summed E-state index contributed by atoms with van der Waals surface area (Å²) in [6.07, 6.45) is -0.288. The summed E-state index contributed by atoms with van der Waals surface area (Å²) < 4.78 is 0. The van der Waals surface area contributed by atoms with E-state index < -0.39 is 5.91 Å². The zero-order valence-electron chi connectivity index (χ0n) is 23.1. The van der Waals surface area contributed by atoms with Crippen LogP contribution in [0.1, 0.15) is 20.3 Å². The summed E-state index contributed by atoms with van der Waals surface area (Å²) in [5.41, 5.74) is 0. The maximum atomic E-state index is 12.8. The topological polar surface area (TPSA) is 122 Å². The van der Waals surface area contributed by atoms with Gasteiger partial charge >= 0.3 is 0 Å². The first-order valence-corrected chi connectivity index (χ1v) is 12.2. The van der Waals surface area contributed by atoms with Crippen LogP contribution in [0.3, 0.4) is 0 Å². The number of likely N-dealkylation sites (N-methyl/N-ethyl adjacent to an activating group) is 4. The van der Waals surface area contributed by atoms with Crippen LogP contribution >= 0.6 is 0 Å². The molecule has 37 heavy (non-hydrogen) atoms. The fourth-order valence-electron chi connectivity index (χ4n) is 3.11. The second-order valence-electron chi connectivity index (χ2n) is 8.72. The Kier molecular flexibility index (Phi) is 16.0. The van der Waals surface area contributed by atoms with Crippen molar-refractivity contribution in [2.75, 3.05) is 80.5 Å². The Balaban J connectivity index is 5.07. The molecule has 6 amide bonds. The first-order valence-electron chi connectivity index (χ1n) is 12.2. The molecule has 0 aromatic rings. The van der Waals surface area contributed by atoms with Crippen LogP contribution in [-0.2, 0) is 28.8 Å². The highest BCUT2D eigenvalue weighted by molar-refractivity contribution is 6.20. The minimum absolute atomic E-state index is 0.0621. The van der Waals surface area contributed by atoms with Gasteiger partial charge in [-0.1, -0.05) is 6.92 Å². The Hall–Kier alpha value is -3.05. The van der Waals surface area contributed by atoms with Gasteiger partial charge in [0.05, 0.1) is 35.3 Å². The quantitative estimate of drug-likeness (QED) is 0.220. The number of nitrogens with zero attached hydrogens (tertiary/aromatic N) is 6. The number of hydrogen-bond acceptors (Lipinski definition) is 6. The van der Waals surface area contributed by atoms with Gasteiger partial charge in [0.15, 0.2) is 0 Å². The summed E-state index contributed by atoms with van der Waals surface area (Å²) in [4.78, 5) is 81.8. The van der Waals surface area contributed by atoms with E-state index >= 15 is 0 Å². The Labute approximate surface area is 223 Å². The molecular weight excluding hydrogens is 478 g/mol. The SMILES string of the molecule is [B]CC(=O)N(CC)CC(=O)N(C)CCN(CC(=O)N(C)CCN(CC(=O)N(C)C)C(=O)CC)C(=O)C[B]. The van der Waals surface area contributed by atoms with Crippen LogP contribution in [-0.4, -0.2) is 161 Å². The van der Waals surface area contributed by atoms with E-state index in [0.29, 0.717) is 6.54 Å². The molecule has 0 rings (SSSR count). The second-order valence-corrected chi connectivity index (χ2v) is 8.72. The van der Waals surface area contributed by atoms with Gasteiger partial charge in [-0.25, -0.2) is 0 Å². The fourth-order valence-corrected chi connectivity index (χ4v) is 3.11. The van der Waals surface area contributed by atoms with E-state index in [0.717, 1.165) is 0 Å². The predicted molar refractivity (Wildman–Crippen MR) is 141 cm³/mol. The normalized spacial score (nSPS) is 10.3. The average Bonchev–Trinajstić information content (AvgIpc) is 2.89. The van der Waals surface area contributed by atoms with Crippen molar-refractivity contribution in [3.63, 3.8) is 0 Å². The molecule has 14 heteroatoms. The van der Waals surface area contributed by atoms with Crippen LogP contribution in [0, 0.1) is 0 Å². The van der Waals surface area contributed by atoms with Crippen molar-refractivity contribution >= 4 is 51.1 Å². The maximum absolute atomic E-state index is 12.8. The third kappa shape index (κ3) is 12.2. The highest BCUT2D eigenvalue weighted by Crippen LogP contribution is 2.02. The number of rotatable bonds is 16. The van der Waals surface area contributed by atoms with Gasteiger partial charge in [-0.05, 0) is 19.6 Å². The zero-order chi connectivity index (χ0) is 28.7. The van der Waals surface area contributed by atoms with Crippen molar-refractivity contribution in [2.45, 2.75) is 32.9 Å². The van der Waals surface area contributed by atoms with Gasteiger partial charge in [0.2, 0.25) is 35.4 Å². The number of hydrogen-bond donors (Lipinski definition) is 0. The first-order chi connectivity index (χ1) is 17.3. The molecule has 0 saturated carbocycles. The lowest BCUT2D eigenvalue weighted by Crippen LogP contribution is -2.48. The second kappa shape index (κ2) is 17.4. The van der Waals surface area contributed by atoms with E-state index in [1.54, 1.807) is 35.0 Å². The van der Waals surface area contributed by atoms with Crippen molar-refractivity contribution in [2.24, 2.45) is 0 Å². The molecule has 0 saturated heterocycles. The van der Waals surface area contributed by atoms with Gasteiger partial charge in [0.25, 0.3) is 0 Å². The third-order valence-electron chi connectivity index (χ3n) is 5.83. The lowest BCUT2D eigenvalue weighted by molar-refractivity contribution is -0.141. The van der Waals surface area contributed by atoms with E-state index in [2.05, 4.69) is 0 Å². The molecule has 0 aliphatic carbocycles. The number of carbonyl (C=O) groups is 6. The summed E-state index contributed by atoms with van der Waals surface area (Å²) in [6, 6.07) is 0. The maximum Gasteiger partial charge on any atom is 0.241 e. The molecule has 0 heterocycles. The molecule has 0 aromatic carbocycles. The van der Waals surface area contributed by atoms with Crippen molar-refractivity contribution < 1.29 is 28.8 Å². The first kappa shape index (κ1) is 33.9. The van der Waals surface area contributed by atoms with Gasteiger partial charge in [-0.2, -0.15) is 0 Å². The Morgan fingerprint density at radius 2 is 0.892 bits per heavy atom. The van der Waals surface area contributed by atoms with Crippen molar-refractivity contribution in [3.8, 4) is 0 Å². The molecule has 0 N–H and O–H groups in total. The van der Waals surface area contributed by atoms with Gasteiger partial charge < -0.3 is 29.4 Å². The average molecular weight is 518 g/mol. The van der Waals surface area contributed by atoms with Crippen molar-refractivity contribution in [3.05, 3.63) is 0 Å². The molecule has 0 bridgehead atoms. The van der Waals surface area contributed by atoms with Crippen LogP contribution < -0.4 is 0 Å². The van der Waals surface area contributed by atoms with E-state index in [1.807, 2.05) is 0 Å². The Bertz CT molecular complexity index is 813. The summed E-state index contributed by atoms with van der Waals surface area (Å²) in [7, 11) is 17.1. The zero-order valence-corrected chi connectivity index (χ0v) is 23.1. The molecule has 0 aliphatic heterocycles. The number of carbonyl (C=O) groups excluding carboxylic acids is 6. The van der Waals surface area contributed by atoms with E-state index in [4.69, 9.17) is 15.7 Å². The monoisotopic (exact) mass is 518 g/mol. The minimum atomic E-state index is -0.463. The smallest absolute Gasteiger partial charge is 0.241 e. The van der Waals surface area contributed by atoms with Crippen LogP contribution in [0.25, 0.3) is 0 Å². The van der Waals surface area contributed by atoms with Crippen LogP contribution in [0.15, 0.2) is 0 Å². The molecule has 0 spiro atoms. The Morgan fingerprint density at radius 1 is 0.514 bits per heavy atom. The lowest BCUT2D eigenvalue weighted by Gasteiger charge is -2.29. The predicted octanol–water partition coefficient (Wildman–Crippen LogP) is -1.92. The van der Waals surface area contributed by atoms with Crippen LogP contribution in [0.4, 0.5) is 0 Å². The Morgan fingerprint density at radius 3 is 1.27 bits per heavy atom. The summed E-state index contributed by atoms with van der Waals surface area (Å²) in [5.74, 6) is -1.97. The van der Waals surface area contributed by atoms with Gasteiger partial charge in [0, 0.05) is 67.3 Å².